The highest BCUT2D eigenvalue weighted by Gasteiger charge is 2.28. The lowest BCUT2D eigenvalue weighted by molar-refractivity contribution is 0.103. The molecule has 0 atom stereocenters. The number of fused-ring (bicyclic) bond motifs is 1. The van der Waals surface area contributed by atoms with E-state index in [9.17, 15) is 22.0 Å². The smallest absolute Gasteiger partial charge is 0.299 e. The Bertz CT molecular complexity index is 1930. The van der Waals surface area contributed by atoms with Crippen molar-refractivity contribution in [2.75, 3.05) is 10.5 Å². The standard InChI is InChI=1S/C27H23F2N7O4S/c1-14-8-25(40-24-5-3-2-4-18(24)28)31-13-23(14)36-27(30)17(12-32-36)26(37)22-10-15-9-19(29)21(11-20(15)33-22)35-41(38,39)34-16-6-7-16/h2-5,8-13,16,33-35H,6-7,30H2,1H3. The molecule has 5 N–H and O–H groups in total. The Morgan fingerprint density at radius 3 is 2.63 bits per heavy atom. The third kappa shape index (κ3) is 5.34. The number of H-pyrrole nitrogens is 1. The van der Waals surface area contributed by atoms with Gasteiger partial charge in [-0.2, -0.15) is 18.2 Å². The molecule has 0 spiro atoms. The molecule has 3 aromatic heterocycles. The number of carbonyl (C=O) groups is 1. The largest absolute Gasteiger partial charge is 0.436 e. The molecule has 41 heavy (non-hydrogen) atoms. The predicted octanol–water partition coefficient (Wildman–Crippen LogP) is 4.35. The summed E-state index contributed by atoms with van der Waals surface area (Å²) in [6.45, 7) is 1.76. The molecular weight excluding hydrogens is 556 g/mol. The molecule has 1 aliphatic carbocycles. The number of nitrogens with one attached hydrogen (secondary N) is 3. The van der Waals surface area contributed by atoms with Gasteiger partial charge < -0.3 is 15.5 Å². The maximum Gasteiger partial charge on any atom is 0.299 e. The monoisotopic (exact) mass is 579 g/mol. The second-order valence-corrected chi connectivity index (χ2v) is 11.1. The average molecular weight is 580 g/mol. The molecule has 210 valence electrons. The summed E-state index contributed by atoms with van der Waals surface area (Å²) in [6.07, 6.45) is 4.20. The van der Waals surface area contributed by atoms with E-state index in [1.165, 1.54) is 41.3 Å². The number of para-hydroxylation sites is 1. The fourth-order valence-corrected chi connectivity index (χ4v) is 5.44. The van der Waals surface area contributed by atoms with Crippen LogP contribution in [-0.4, -0.2) is 40.0 Å². The highest BCUT2D eigenvalue weighted by atomic mass is 32.2. The van der Waals surface area contributed by atoms with E-state index in [0.717, 1.165) is 18.9 Å². The van der Waals surface area contributed by atoms with Crippen LogP contribution in [0, 0.1) is 18.6 Å². The van der Waals surface area contributed by atoms with Crippen LogP contribution in [0.1, 0.15) is 34.5 Å². The van der Waals surface area contributed by atoms with Crippen LogP contribution in [-0.2, 0) is 10.2 Å². The number of nitrogens with zero attached hydrogens (tertiary/aromatic N) is 3. The van der Waals surface area contributed by atoms with Crippen molar-refractivity contribution in [3.05, 3.63) is 89.4 Å². The van der Waals surface area contributed by atoms with E-state index < -0.39 is 27.6 Å². The highest BCUT2D eigenvalue weighted by molar-refractivity contribution is 7.90. The van der Waals surface area contributed by atoms with Gasteiger partial charge in [0, 0.05) is 23.0 Å². The first kappa shape index (κ1) is 26.4. The van der Waals surface area contributed by atoms with Crippen LogP contribution in [0.2, 0.25) is 0 Å². The minimum Gasteiger partial charge on any atom is -0.436 e. The summed E-state index contributed by atoms with van der Waals surface area (Å²) in [6, 6.07) is 11.2. The Morgan fingerprint density at radius 1 is 1.12 bits per heavy atom. The van der Waals surface area contributed by atoms with Gasteiger partial charge in [0.1, 0.15) is 11.6 Å². The molecule has 6 rings (SSSR count). The maximum atomic E-state index is 14.7. The van der Waals surface area contributed by atoms with Crippen LogP contribution >= 0.6 is 0 Å². The van der Waals surface area contributed by atoms with Crippen molar-refractivity contribution in [1.29, 1.82) is 0 Å². The highest BCUT2D eigenvalue weighted by Crippen LogP contribution is 2.29. The molecule has 0 bridgehead atoms. The number of nitrogen functional groups attached to an aromatic ring is 1. The number of nitrogens with two attached hydrogens (primary N) is 1. The van der Waals surface area contributed by atoms with Crippen LogP contribution in [0.25, 0.3) is 16.6 Å². The summed E-state index contributed by atoms with van der Waals surface area (Å²) in [7, 11) is -3.95. The number of aromatic amines is 1. The first-order valence-corrected chi connectivity index (χ1v) is 14.0. The Hall–Kier alpha value is -4.82. The number of hydrogen-bond donors (Lipinski definition) is 4. The van der Waals surface area contributed by atoms with Crippen LogP contribution in [0.15, 0.2) is 60.9 Å². The van der Waals surface area contributed by atoms with Gasteiger partial charge in [0.2, 0.25) is 11.7 Å². The zero-order chi connectivity index (χ0) is 28.9. The van der Waals surface area contributed by atoms with E-state index in [4.69, 9.17) is 10.5 Å². The first-order chi connectivity index (χ1) is 19.6. The van der Waals surface area contributed by atoms with Gasteiger partial charge in [-0.05, 0) is 55.7 Å². The van der Waals surface area contributed by atoms with E-state index in [2.05, 4.69) is 24.5 Å². The third-order valence-corrected chi connectivity index (χ3v) is 7.62. The van der Waals surface area contributed by atoms with E-state index in [0.29, 0.717) is 22.2 Å². The number of aromatic nitrogens is 4. The minimum atomic E-state index is -3.95. The molecule has 0 saturated heterocycles. The van der Waals surface area contributed by atoms with E-state index in [1.807, 2.05) is 0 Å². The van der Waals surface area contributed by atoms with Gasteiger partial charge in [-0.1, -0.05) is 12.1 Å². The number of aryl methyl sites for hydroxylation is 1. The Balaban J connectivity index is 1.25. The second kappa shape index (κ2) is 9.98. The van der Waals surface area contributed by atoms with Gasteiger partial charge in [0.15, 0.2) is 11.6 Å². The number of hydrogen-bond acceptors (Lipinski definition) is 7. The summed E-state index contributed by atoms with van der Waals surface area (Å²) >= 11 is 0. The van der Waals surface area contributed by atoms with Crippen molar-refractivity contribution in [1.82, 2.24) is 24.5 Å². The molecule has 0 unspecified atom stereocenters. The molecule has 11 nitrogen and oxygen atoms in total. The molecule has 3 heterocycles. The van der Waals surface area contributed by atoms with Crippen LogP contribution in [0.5, 0.6) is 11.6 Å². The van der Waals surface area contributed by atoms with Crippen molar-refractivity contribution in [3.8, 4) is 17.3 Å². The molecule has 0 aliphatic heterocycles. The number of halogens is 2. The number of rotatable bonds is 9. The lowest BCUT2D eigenvalue weighted by Gasteiger charge is -2.11. The van der Waals surface area contributed by atoms with Crippen molar-refractivity contribution in [2.45, 2.75) is 25.8 Å². The molecule has 5 aromatic rings. The van der Waals surface area contributed by atoms with E-state index in [1.54, 1.807) is 25.1 Å². The van der Waals surface area contributed by atoms with Gasteiger partial charge >= 0.3 is 0 Å². The Morgan fingerprint density at radius 2 is 1.90 bits per heavy atom. The zero-order valence-corrected chi connectivity index (χ0v) is 22.3. The minimum absolute atomic E-state index is 0.0244. The van der Waals surface area contributed by atoms with E-state index in [-0.39, 0.29) is 40.4 Å². The van der Waals surface area contributed by atoms with Crippen molar-refractivity contribution < 1.29 is 26.7 Å². The van der Waals surface area contributed by atoms with Crippen molar-refractivity contribution >= 4 is 38.4 Å². The maximum absolute atomic E-state index is 14.7. The first-order valence-electron chi connectivity index (χ1n) is 12.5. The lowest BCUT2D eigenvalue weighted by atomic mass is 10.1. The summed E-state index contributed by atoms with van der Waals surface area (Å²) in [4.78, 5) is 20.4. The van der Waals surface area contributed by atoms with Gasteiger partial charge in [0.25, 0.3) is 10.2 Å². The van der Waals surface area contributed by atoms with Gasteiger partial charge in [-0.3, -0.25) is 9.52 Å². The summed E-state index contributed by atoms with van der Waals surface area (Å²) in [5.41, 5.74) is 7.68. The number of ether oxygens (including phenoxy) is 1. The second-order valence-electron chi connectivity index (χ2n) is 9.63. The molecule has 2 aromatic carbocycles. The molecular formula is C27H23F2N7O4S. The number of pyridine rings is 1. The zero-order valence-electron chi connectivity index (χ0n) is 21.5. The molecule has 0 radical (unpaired) electrons. The normalized spacial score (nSPS) is 13.4. The predicted molar refractivity (Wildman–Crippen MR) is 147 cm³/mol. The molecule has 1 aliphatic rings. The average Bonchev–Trinajstić information content (AvgIpc) is 3.49. The molecule has 0 amide bonds. The molecule has 1 fully saturated rings. The Labute approximate surface area is 232 Å². The summed E-state index contributed by atoms with van der Waals surface area (Å²) in [5.74, 6) is -1.61. The van der Waals surface area contributed by atoms with E-state index >= 15 is 0 Å². The number of anilines is 2. The fraction of sp³-hybridized carbons (Fsp3) is 0.148. The van der Waals surface area contributed by atoms with Crippen LogP contribution in [0.3, 0.4) is 0 Å². The summed E-state index contributed by atoms with van der Waals surface area (Å²) < 4.78 is 64.6. The van der Waals surface area contributed by atoms with Gasteiger partial charge in [-0.25, -0.2) is 18.4 Å². The van der Waals surface area contributed by atoms with Crippen LogP contribution in [0.4, 0.5) is 20.3 Å². The lowest BCUT2D eigenvalue weighted by Crippen LogP contribution is -2.32. The van der Waals surface area contributed by atoms with Crippen LogP contribution < -0.4 is 19.9 Å². The van der Waals surface area contributed by atoms with Crippen molar-refractivity contribution in [2.24, 2.45) is 0 Å². The Kier molecular flexibility index (Phi) is 6.43. The fourth-order valence-electron chi connectivity index (χ4n) is 4.26. The number of ketones is 1. The molecule has 1 saturated carbocycles. The number of carbonyl (C=O) groups excluding carboxylic acids is 1. The molecule has 14 heteroatoms. The summed E-state index contributed by atoms with van der Waals surface area (Å²) in [5, 5.41) is 4.61. The SMILES string of the molecule is Cc1cc(Oc2ccccc2F)ncc1-n1ncc(C(=O)c2cc3cc(F)c(NS(=O)(=O)NC4CC4)cc3[nH]2)c1N. The topological polar surface area (TPSA) is 157 Å². The number of benzene rings is 2. The van der Waals surface area contributed by atoms with Crippen molar-refractivity contribution in [3.63, 3.8) is 0 Å². The quantitative estimate of drug-likeness (QED) is 0.189. The van der Waals surface area contributed by atoms with Gasteiger partial charge in [0.05, 0.1) is 35.0 Å². The van der Waals surface area contributed by atoms with Gasteiger partial charge in [-0.15, -0.1) is 0 Å². The third-order valence-electron chi connectivity index (χ3n) is 6.49.